The predicted octanol–water partition coefficient (Wildman–Crippen LogP) is 3.15. The summed E-state index contributed by atoms with van der Waals surface area (Å²) in [6, 6.07) is 6.59. The van der Waals surface area contributed by atoms with E-state index in [0.717, 1.165) is 0 Å². The standard InChI is InChI=1S/C23H22BrClN4O7/c1-11-19(22(32)35-3)20(28-23(33)27-11)12-4-5-16(17(7-12)34-2)36-10-18(30)29-26-9-13-6-14(24)8-15(25)21(13)31/h4-9,20,31H,10H2,1-3H3,(H,29,30)(H2,27,28,33)/b26-9-/t20-/m1/s1. The number of carbonyl (C=O) groups excluding carboxylic acids is 3. The van der Waals surface area contributed by atoms with Gasteiger partial charge in [0.2, 0.25) is 0 Å². The summed E-state index contributed by atoms with van der Waals surface area (Å²) in [5, 5.41) is 19.1. The number of ether oxygens (including phenoxy) is 3. The Hall–Kier alpha value is -3.77. The number of phenols is 1. The first kappa shape index (κ1) is 26.8. The third-order valence-corrected chi connectivity index (χ3v) is 5.75. The lowest BCUT2D eigenvalue weighted by Gasteiger charge is -2.28. The average molecular weight is 582 g/mol. The Morgan fingerprint density at radius 2 is 2.00 bits per heavy atom. The summed E-state index contributed by atoms with van der Waals surface area (Å²) in [5.41, 5.74) is 3.73. The number of methoxy groups -OCH3 is 2. The predicted molar refractivity (Wildman–Crippen MR) is 134 cm³/mol. The zero-order valence-corrected chi connectivity index (χ0v) is 21.7. The summed E-state index contributed by atoms with van der Waals surface area (Å²) in [5.74, 6) is -0.830. The van der Waals surface area contributed by atoms with Crippen molar-refractivity contribution in [1.82, 2.24) is 16.1 Å². The van der Waals surface area contributed by atoms with E-state index in [1.165, 1.54) is 26.5 Å². The van der Waals surface area contributed by atoms with Crippen LogP contribution in [0.2, 0.25) is 5.02 Å². The molecule has 13 heteroatoms. The maximum Gasteiger partial charge on any atom is 0.337 e. The molecule has 0 spiro atoms. The Kier molecular flexibility index (Phi) is 8.78. The average Bonchev–Trinajstić information content (AvgIpc) is 2.84. The number of amides is 3. The lowest BCUT2D eigenvalue weighted by molar-refractivity contribution is -0.136. The SMILES string of the molecule is COC(=O)C1=C(C)NC(=O)N[C@@H]1c1ccc(OCC(=O)N/N=C\c2cc(Br)cc(Cl)c2O)c(OC)c1. The fraction of sp³-hybridized carbons (Fsp3) is 0.217. The molecular formula is C23H22BrClN4O7. The number of allylic oxidation sites excluding steroid dienone is 1. The molecule has 1 aliphatic rings. The zero-order chi connectivity index (χ0) is 26.4. The van der Waals surface area contributed by atoms with Crippen LogP contribution >= 0.6 is 27.5 Å². The molecule has 0 saturated carbocycles. The van der Waals surface area contributed by atoms with Crippen molar-refractivity contribution in [3.8, 4) is 17.2 Å². The molecule has 0 unspecified atom stereocenters. The first-order valence-electron chi connectivity index (χ1n) is 10.3. The number of hydrogen-bond donors (Lipinski definition) is 4. The van der Waals surface area contributed by atoms with Gasteiger partial charge in [0, 0.05) is 15.7 Å². The minimum Gasteiger partial charge on any atom is -0.506 e. The number of aromatic hydroxyl groups is 1. The molecule has 4 N–H and O–H groups in total. The molecule has 3 rings (SSSR count). The van der Waals surface area contributed by atoms with E-state index in [9.17, 15) is 19.5 Å². The van der Waals surface area contributed by atoms with Crippen LogP contribution in [0.3, 0.4) is 0 Å². The van der Waals surface area contributed by atoms with Crippen molar-refractivity contribution in [3.05, 3.63) is 62.2 Å². The van der Waals surface area contributed by atoms with Crippen molar-refractivity contribution in [2.45, 2.75) is 13.0 Å². The monoisotopic (exact) mass is 580 g/mol. The van der Waals surface area contributed by atoms with Crippen LogP contribution in [0.4, 0.5) is 4.79 Å². The maximum atomic E-state index is 12.3. The van der Waals surface area contributed by atoms with Gasteiger partial charge in [0.15, 0.2) is 18.1 Å². The first-order valence-corrected chi connectivity index (χ1v) is 11.5. The van der Waals surface area contributed by atoms with Gasteiger partial charge in [-0.15, -0.1) is 0 Å². The summed E-state index contributed by atoms with van der Waals surface area (Å²) >= 11 is 9.16. The highest BCUT2D eigenvalue weighted by atomic mass is 79.9. The Labute approximate surface area is 219 Å². The van der Waals surface area contributed by atoms with E-state index in [1.54, 1.807) is 31.2 Å². The lowest BCUT2D eigenvalue weighted by Crippen LogP contribution is -2.45. The number of hydrazone groups is 1. The molecule has 1 heterocycles. The van der Waals surface area contributed by atoms with Crippen molar-refractivity contribution in [2.24, 2.45) is 5.10 Å². The van der Waals surface area contributed by atoms with Gasteiger partial charge in [0.25, 0.3) is 5.91 Å². The number of carbonyl (C=O) groups is 3. The second-order valence-corrected chi connectivity index (χ2v) is 8.70. The van der Waals surface area contributed by atoms with E-state index in [4.69, 9.17) is 25.8 Å². The van der Waals surface area contributed by atoms with Crippen LogP contribution in [-0.2, 0) is 14.3 Å². The highest BCUT2D eigenvalue weighted by Gasteiger charge is 2.32. The highest BCUT2D eigenvalue weighted by Crippen LogP contribution is 2.34. The second kappa shape index (κ2) is 11.8. The molecule has 3 amide bonds. The van der Waals surface area contributed by atoms with Crippen LogP contribution in [0.15, 0.2) is 51.2 Å². The fourth-order valence-electron chi connectivity index (χ4n) is 3.34. The third kappa shape index (κ3) is 6.26. The largest absolute Gasteiger partial charge is 0.506 e. The van der Waals surface area contributed by atoms with Gasteiger partial charge >= 0.3 is 12.0 Å². The molecule has 11 nitrogen and oxygen atoms in total. The summed E-state index contributed by atoms with van der Waals surface area (Å²) < 4.78 is 16.4. The summed E-state index contributed by atoms with van der Waals surface area (Å²) in [6.07, 6.45) is 1.24. The van der Waals surface area contributed by atoms with E-state index >= 15 is 0 Å². The molecule has 1 aliphatic heterocycles. The molecular weight excluding hydrogens is 560 g/mol. The molecule has 2 aromatic rings. The molecule has 0 radical (unpaired) electrons. The third-order valence-electron chi connectivity index (χ3n) is 5.00. The van der Waals surface area contributed by atoms with Crippen LogP contribution in [0.25, 0.3) is 0 Å². The molecule has 0 bridgehead atoms. The Morgan fingerprint density at radius 1 is 1.25 bits per heavy atom. The van der Waals surface area contributed by atoms with E-state index in [-0.39, 0.29) is 27.8 Å². The zero-order valence-electron chi connectivity index (χ0n) is 19.3. The first-order chi connectivity index (χ1) is 17.1. The number of halogens is 2. The molecule has 1 atom stereocenters. The van der Waals surface area contributed by atoms with Gasteiger partial charge in [-0.2, -0.15) is 5.10 Å². The maximum absolute atomic E-state index is 12.3. The van der Waals surface area contributed by atoms with E-state index in [1.807, 2.05) is 0 Å². The number of hydrogen-bond acceptors (Lipinski definition) is 8. The Bertz CT molecular complexity index is 1270. The Morgan fingerprint density at radius 3 is 2.69 bits per heavy atom. The van der Waals surface area contributed by atoms with Gasteiger partial charge in [-0.3, -0.25) is 4.79 Å². The number of benzene rings is 2. The van der Waals surface area contributed by atoms with Gasteiger partial charge in [-0.05, 0) is 36.8 Å². The number of esters is 1. The quantitative estimate of drug-likeness (QED) is 0.213. The van der Waals surface area contributed by atoms with Crippen molar-refractivity contribution in [1.29, 1.82) is 0 Å². The minimum atomic E-state index is -0.783. The molecule has 0 fully saturated rings. The van der Waals surface area contributed by atoms with E-state index in [2.05, 4.69) is 37.1 Å². The van der Waals surface area contributed by atoms with E-state index < -0.39 is 30.6 Å². The molecule has 36 heavy (non-hydrogen) atoms. The molecule has 0 aromatic heterocycles. The van der Waals surface area contributed by atoms with Crippen LogP contribution in [-0.4, -0.2) is 50.1 Å². The van der Waals surface area contributed by atoms with Gasteiger partial charge in [-0.25, -0.2) is 15.0 Å². The Balaban J connectivity index is 1.70. The van der Waals surface area contributed by atoms with Crippen molar-refractivity contribution >= 4 is 51.7 Å². The lowest BCUT2D eigenvalue weighted by atomic mass is 9.95. The van der Waals surface area contributed by atoms with Gasteiger partial charge < -0.3 is 30.0 Å². The summed E-state index contributed by atoms with van der Waals surface area (Å²) in [6.45, 7) is 1.20. The second-order valence-electron chi connectivity index (χ2n) is 7.38. The number of urea groups is 1. The van der Waals surface area contributed by atoms with Crippen molar-refractivity contribution < 1.29 is 33.7 Å². The number of rotatable bonds is 8. The molecule has 2 aromatic carbocycles. The normalized spacial score (nSPS) is 15.2. The van der Waals surface area contributed by atoms with E-state index in [0.29, 0.717) is 21.3 Å². The summed E-state index contributed by atoms with van der Waals surface area (Å²) in [4.78, 5) is 36.4. The van der Waals surface area contributed by atoms with Gasteiger partial charge in [0.1, 0.15) is 5.75 Å². The smallest absolute Gasteiger partial charge is 0.337 e. The van der Waals surface area contributed by atoms with Crippen molar-refractivity contribution in [3.63, 3.8) is 0 Å². The van der Waals surface area contributed by atoms with Crippen molar-refractivity contribution in [2.75, 3.05) is 20.8 Å². The summed E-state index contributed by atoms with van der Waals surface area (Å²) in [7, 11) is 2.66. The van der Waals surface area contributed by atoms with Gasteiger partial charge in [-0.1, -0.05) is 33.6 Å². The minimum absolute atomic E-state index is 0.129. The molecule has 0 aliphatic carbocycles. The highest BCUT2D eigenvalue weighted by molar-refractivity contribution is 9.10. The van der Waals surface area contributed by atoms with Crippen LogP contribution < -0.4 is 25.5 Å². The van der Waals surface area contributed by atoms with Gasteiger partial charge in [0.05, 0.1) is 37.1 Å². The number of nitrogens with zero attached hydrogens (tertiary/aromatic N) is 1. The topological polar surface area (TPSA) is 148 Å². The molecule has 190 valence electrons. The number of phenolic OH excluding ortho intramolecular Hbond substituents is 1. The van der Waals surface area contributed by atoms with Crippen LogP contribution in [0.5, 0.6) is 17.2 Å². The molecule has 0 saturated heterocycles. The van der Waals surface area contributed by atoms with Crippen LogP contribution in [0.1, 0.15) is 24.1 Å². The fourth-order valence-corrected chi connectivity index (χ4v) is 4.18. The number of nitrogens with one attached hydrogen (secondary N) is 3. The van der Waals surface area contributed by atoms with Crippen LogP contribution in [0, 0.1) is 0 Å².